The zero-order chi connectivity index (χ0) is 9.97. The van der Waals surface area contributed by atoms with Gasteiger partial charge in [-0.15, -0.1) is 11.6 Å². The number of alkyl halides is 1. The smallest absolute Gasteiger partial charge is 0.323 e. The van der Waals surface area contributed by atoms with E-state index in [9.17, 15) is 4.79 Å². The molecule has 0 aliphatic carbocycles. The maximum atomic E-state index is 11.0. The van der Waals surface area contributed by atoms with E-state index in [2.05, 4.69) is 15.3 Å². The molecule has 0 aliphatic heterocycles. The third-order valence-corrected chi connectivity index (χ3v) is 2.13. The number of fused-ring (bicyclic) bond motifs is 1. The third kappa shape index (κ3) is 1.75. The highest BCUT2D eigenvalue weighted by atomic mass is 35.5. The van der Waals surface area contributed by atoms with Crippen molar-refractivity contribution in [1.82, 2.24) is 9.97 Å². The Morgan fingerprint density at radius 2 is 2.07 bits per heavy atom. The molecule has 14 heavy (non-hydrogen) atoms. The molecule has 0 unspecified atom stereocenters. The number of aromatic nitrogens is 2. The standard InChI is InChI=1S/C9H10ClN3O/c10-3-4-11-6-1-2-7-8(5-6)13-9(14)12-7/h1-2,5,11H,3-4H2,(H2,12,13,14). The zero-order valence-electron chi connectivity index (χ0n) is 7.43. The molecule has 5 heteroatoms. The van der Waals surface area contributed by atoms with Crippen molar-refractivity contribution in [3.63, 3.8) is 0 Å². The summed E-state index contributed by atoms with van der Waals surface area (Å²) in [7, 11) is 0. The Kier molecular flexibility index (Phi) is 2.45. The van der Waals surface area contributed by atoms with Crippen LogP contribution in [0.4, 0.5) is 5.69 Å². The van der Waals surface area contributed by atoms with Crippen LogP contribution in [-0.4, -0.2) is 22.4 Å². The molecule has 0 fully saturated rings. The molecule has 74 valence electrons. The highest BCUT2D eigenvalue weighted by Crippen LogP contribution is 2.13. The number of hydrogen-bond donors (Lipinski definition) is 3. The van der Waals surface area contributed by atoms with E-state index in [0.717, 1.165) is 16.7 Å². The Balaban J connectivity index is 2.35. The van der Waals surface area contributed by atoms with Gasteiger partial charge in [-0.3, -0.25) is 0 Å². The van der Waals surface area contributed by atoms with Gasteiger partial charge in [-0.1, -0.05) is 0 Å². The number of H-pyrrole nitrogens is 2. The summed E-state index contributed by atoms with van der Waals surface area (Å²) >= 11 is 5.55. The quantitative estimate of drug-likeness (QED) is 0.674. The number of benzene rings is 1. The van der Waals surface area contributed by atoms with Gasteiger partial charge in [0.2, 0.25) is 0 Å². The number of halogens is 1. The van der Waals surface area contributed by atoms with E-state index in [1.165, 1.54) is 0 Å². The summed E-state index contributed by atoms with van der Waals surface area (Å²) < 4.78 is 0. The van der Waals surface area contributed by atoms with Crippen molar-refractivity contribution in [1.29, 1.82) is 0 Å². The molecule has 0 radical (unpaired) electrons. The van der Waals surface area contributed by atoms with Crippen molar-refractivity contribution in [2.45, 2.75) is 0 Å². The Morgan fingerprint density at radius 1 is 1.29 bits per heavy atom. The van der Waals surface area contributed by atoms with Crippen LogP contribution >= 0.6 is 11.6 Å². The maximum Gasteiger partial charge on any atom is 0.323 e. The number of rotatable bonds is 3. The monoisotopic (exact) mass is 211 g/mol. The molecule has 2 rings (SSSR count). The normalized spacial score (nSPS) is 10.6. The first-order valence-electron chi connectivity index (χ1n) is 4.31. The molecule has 0 bridgehead atoms. The second kappa shape index (κ2) is 3.75. The van der Waals surface area contributed by atoms with Crippen molar-refractivity contribution >= 4 is 28.3 Å². The van der Waals surface area contributed by atoms with Crippen molar-refractivity contribution in [3.05, 3.63) is 28.7 Å². The van der Waals surface area contributed by atoms with Gasteiger partial charge in [0.05, 0.1) is 11.0 Å². The molecule has 1 aromatic heterocycles. The molecular formula is C9H10ClN3O. The molecule has 1 aromatic carbocycles. The van der Waals surface area contributed by atoms with E-state index in [0.29, 0.717) is 12.4 Å². The van der Waals surface area contributed by atoms with Crippen LogP contribution < -0.4 is 11.0 Å². The van der Waals surface area contributed by atoms with Crippen molar-refractivity contribution < 1.29 is 0 Å². The number of nitrogens with one attached hydrogen (secondary N) is 3. The summed E-state index contributed by atoms with van der Waals surface area (Å²) in [6.07, 6.45) is 0. The lowest BCUT2D eigenvalue weighted by atomic mass is 10.3. The Bertz CT molecular complexity index is 488. The van der Waals surface area contributed by atoms with Crippen molar-refractivity contribution in [3.8, 4) is 0 Å². The van der Waals surface area contributed by atoms with Crippen LogP contribution in [-0.2, 0) is 0 Å². The van der Waals surface area contributed by atoms with Gasteiger partial charge in [-0.05, 0) is 18.2 Å². The van der Waals surface area contributed by atoms with Gasteiger partial charge >= 0.3 is 5.69 Å². The summed E-state index contributed by atoms with van der Waals surface area (Å²) in [5.41, 5.74) is 2.38. The first-order chi connectivity index (χ1) is 6.79. The van der Waals surface area contributed by atoms with Crippen LogP contribution in [0.25, 0.3) is 11.0 Å². The van der Waals surface area contributed by atoms with Gasteiger partial charge in [0.1, 0.15) is 0 Å². The average molecular weight is 212 g/mol. The van der Waals surface area contributed by atoms with Gasteiger partial charge in [0, 0.05) is 18.1 Å². The largest absolute Gasteiger partial charge is 0.384 e. The minimum absolute atomic E-state index is 0.186. The van der Waals surface area contributed by atoms with Crippen LogP contribution in [0.15, 0.2) is 23.0 Å². The predicted molar refractivity (Wildman–Crippen MR) is 58.1 cm³/mol. The summed E-state index contributed by atoms with van der Waals surface area (Å²) in [5, 5.41) is 3.13. The van der Waals surface area contributed by atoms with Gasteiger partial charge in [0.25, 0.3) is 0 Å². The second-order valence-corrected chi connectivity index (χ2v) is 3.33. The Labute approximate surface area is 85.3 Å². The first kappa shape index (κ1) is 9.15. The fourth-order valence-corrected chi connectivity index (χ4v) is 1.43. The Hall–Kier alpha value is -1.42. The second-order valence-electron chi connectivity index (χ2n) is 2.96. The zero-order valence-corrected chi connectivity index (χ0v) is 8.19. The molecule has 2 aromatic rings. The lowest BCUT2D eigenvalue weighted by Gasteiger charge is -2.02. The topological polar surface area (TPSA) is 60.7 Å². The summed E-state index contributed by atoms with van der Waals surface area (Å²) in [6.45, 7) is 0.710. The number of imidazole rings is 1. The lowest BCUT2D eigenvalue weighted by Crippen LogP contribution is -2.01. The molecule has 4 nitrogen and oxygen atoms in total. The number of hydrogen-bond acceptors (Lipinski definition) is 2. The van der Waals surface area contributed by atoms with Crippen LogP contribution in [0, 0.1) is 0 Å². The number of anilines is 1. The Morgan fingerprint density at radius 3 is 2.86 bits per heavy atom. The highest BCUT2D eigenvalue weighted by Gasteiger charge is 1.98. The van der Waals surface area contributed by atoms with E-state index in [1.54, 1.807) is 0 Å². The molecular weight excluding hydrogens is 202 g/mol. The van der Waals surface area contributed by atoms with Gasteiger partial charge in [0.15, 0.2) is 0 Å². The summed E-state index contributed by atoms with van der Waals surface area (Å²) in [5.74, 6) is 0.557. The van der Waals surface area contributed by atoms with E-state index >= 15 is 0 Å². The number of aromatic amines is 2. The predicted octanol–water partition coefficient (Wildman–Crippen LogP) is 1.51. The van der Waals surface area contributed by atoms with Crippen molar-refractivity contribution in [2.24, 2.45) is 0 Å². The molecule has 0 saturated heterocycles. The van der Waals surface area contributed by atoms with Crippen LogP contribution in [0.5, 0.6) is 0 Å². The molecule has 0 aliphatic rings. The van der Waals surface area contributed by atoms with Gasteiger partial charge < -0.3 is 15.3 Å². The molecule has 0 saturated carbocycles. The minimum Gasteiger partial charge on any atom is -0.384 e. The third-order valence-electron chi connectivity index (χ3n) is 1.94. The lowest BCUT2D eigenvalue weighted by molar-refractivity contribution is 1.21. The molecule has 0 spiro atoms. The molecule has 3 N–H and O–H groups in total. The minimum atomic E-state index is -0.186. The van der Waals surface area contributed by atoms with E-state index in [1.807, 2.05) is 18.2 Å². The fraction of sp³-hybridized carbons (Fsp3) is 0.222. The molecule has 1 heterocycles. The highest BCUT2D eigenvalue weighted by molar-refractivity contribution is 6.18. The molecule has 0 atom stereocenters. The van der Waals surface area contributed by atoms with Crippen molar-refractivity contribution in [2.75, 3.05) is 17.7 Å². The van der Waals surface area contributed by atoms with E-state index in [-0.39, 0.29) is 5.69 Å². The average Bonchev–Trinajstić information content (AvgIpc) is 2.54. The SMILES string of the molecule is O=c1[nH]c2ccc(NCCCl)cc2[nH]1. The van der Waals surface area contributed by atoms with Gasteiger partial charge in [-0.25, -0.2) is 4.79 Å². The maximum absolute atomic E-state index is 11.0. The summed E-state index contributed by atoms with van der Waals surface area (Å²) in [6, 6.07) is 5.63. The van der Waals surface area contributed by atoms with E-state index < -0.39 is 0 Å². The van der Waals surface area contributed by atoms with Gasteiger partial charge in [-0.2, -0.15) is 0 Å². The van der Waals surface area contributed by atoms with Crippen LogP contribution in [0.3, 0.4) is 0 Å². The molecule has 0 amide bonds. The van der Waals surface area contributed by atoms with Crippen LogP contribution in [0.2, 0.25) is 0 Å². The first-order valence-corrected chi connectivity index (χ1v) is 4.85. The van der Waals surface area contributed by atoms with E-state index in [4.69, 9.17) is 11.6 Å². The van der Waals surface area contributed by atoms with Crippen LogP contribution in [0.1, 0.15) is 0 Å². The fourth-order valence-electron chi connectivity index (χ4n) is 1.33. The summed E-state index contributed by atoms with van der Waals surface area (Å²) in [4.78, 5) is 16.3.